The minimum atomic E-state index is -3.69. The average molecular weight is 291 g/mol. The monoisotopic (exact) mass is 290 g/mol. The molecule has 0 heterocycles. The van der Waals surface area contributed by atoms with Gasteiger partial charge in [0, 0.05) is 6.54 Å². The van der Waals surface area contributed by atoms with E-state index >= 15 is 0 Å². The lowest BCUT2D eigenvalue weighted by molar-refractivity contribution is 0.550. The summed E-state index contributed by atoms with van der Waals surface area (Å²) in [5.41, 5.74) is 0.603. The van der Waals surface area contributed by atoms with Gasteiger partial charge in [0.1, 0.15) is 0 Å². The van der Waals surface area contributed by atoms with Gasteiger partial charge in [-0.2, -0.15) is 0 Å². The number of sulfonamides is 1. The van der Waals surface area contributed by atoms with E-state index in [0.29, 0.717) is 16.6 Å². The molecule has 102 valence electrons. The van der Waals surface area contributed by atoms with Gasteiger partial charge in [0.2, 0.25) is 10.0 Å². The highest BCUT2D eigenvalue weighted by Gasteiger charge is 2.11. The molecule has 0 aliphatic heterocycles. The first-order valence-electron chi connectivity index (χ1n) is 5.90. The minimum Gasteiger partial charge on any atom is -0.384 e. The second-order valence-corrected chi connectivity index (χ2v) is 6.43. The van der Waals surface area contributed by atoms with Crippen molar-refractivity contribution in [1.29, 1.82) is 0 Å². The molecule has 1 aromatic carbocycles. The molecule has 18 heavy (non-hydrogen) atoms. The van der Waals surface area contributed by atoms with E-state index < -0.39 is 10.0 Å². The first-order chi connectivity index (χ1) is 8.34. The minimum absolute atomic E-state index is 0.0672. The lowest BCUT2D eigenvalue weighted by atomic mass is 10.1. The molecule has 3 N–H and O–H groups in total. The normalized spacial score (nSPS) is 13.3. The topological polar surface area (TPSA) is 72.2 Å². The fraction of sp³-hybridized carbons (Fsp3) is 0.500. The molecule has 4 nitrogen and oxygen atoms in total. The molecule has 1 rings (SSSR count). The van der Waals surface area contributed by atoms with Crippen LogP contribution in [-0.4, -0.2) is 15.0 Å². The highest BCUT2D eigenvalue weighted by Crippen LogP contribution is 2.25. The van der Waals surface area contributed by atoms with Crippen molar-refractivity contribution in [2.24, 2.45) is 11.1 Å². The number of hydrogen-bond donors (Lipinski definition) is 2. The van der Waals surface area contributed by atoms with Crippen LogP contribution < -0.4 is 10.5 Å². The number of hydrogen-bond acceptors (Lipinski definition) is 3. The number of anilines is 1. The van der Waals surface area contributed by atoms with Crippen molar-refractivity contribution in [3.63, 3.8) is 0 Å². The van der Waals surface area contributed by atoms with E-state index in [9.17, 15) is 8.42 Å². The molecule has 0 spiro atoms. The zero-order valence-corrected chi connectivity index (χ0v) is 12.2. The van der Waals surface area contributed by atoms with Crippen molar-refractivity contribution in [1.82, 2.24) is 0 Å². The van der Waals surface area contributed by atoms with Gasteiger partial charge in [0.05, 0.1) is 15.6 Å². The Morgan fingerprint density at radius 1 is 1.44 bits per heavy atom. The molecule has 0 radical (unpaired) electrons. The predicted octanol–water partition coefficient (Wildman–Crippen LogP) is 2.84. The summed E-state index contributed by atoms with van der Waals surface area (Å²) in [6.45, 7) is 5.01. The van der Waals surface area contributed by atoms with E-state index in [1.54, 1.807) is 0 Å². The van der Waals surface area contributed by atoms with Crippen molar-refractivity contribution in [2.75, 3.05) is 11.9 Å². The summed E-state index contributed by atoms with van der Waals surface area (Å²) >= 11 is 6.01. The molecular weight excluding hydrogens is 272 g/mol. The van der Waals surface area contributed by atoms with Crippen molar-refractivity contribution < 1.29 is 8.42 Å². The van der Waals surface area contributed by atoms with E-state index in [-0.39, 0.29) is 4.90 Å². The number of nitrogens with two attached hydrogens (primary N) is 1. The summed E-state index contributed by atoms with van der Waals surface area (Å²) in [4.78, 5) is 0.0672. The van der Waals surface area contributed by atoms with Crippen molar-refractivity contribution in [3.05, 3.63) is 23.2 Å². The van der Waals surface area contributed by atoms with Gasteiger partial charge in [0.25, 0.3) is 0 Å². The lowest BCUT2D eigenvalue weighted by Crippen LogP contribution is -2.14. The Balaban J connectivity index is 2.82. The summed E-state index contributed by atoms with van der Waals surface area (Å²) < 4.78 is 22.5. The van der Waals surface area contributed by atoms with Crippen LogP contribution >= 0.6 is 11.6 Å². The Bertz CT molecular complexity index is 503. The third-order valence-corrected chi connectivity index (χ3v) is 3.93. The van der Waals surface area contributed by atoms with Gasteiger partial charge in [0.15, 0.2) is 0 Å². The standard InChI is InChI=1S/C12H19ClN2O2S/c1-3-4-9(2)8-15-12-7-10(18(14,16)17)5-6-11(12)13/h5-7,9,15H,3-4,8H2,1-2H3,(H2,14,16,17). The highest BCUT2D eigenvalue weighted by atomic mass is 35.5. The Morgan fingerprint density at radius 2 is 2.11 bits per heavy atom. The zero-order chi connectivity index (χ0) is 13.8. The molecule has 0 amide bonds. The van der Waals surface area contributed by atoms with Gasteiger partial charge in [-0.05, 0) is 30.5 Å². The van der Waals surface area contributed by atoms with E-state index in [0.717, 1.165) is 19.4 Å². The predicted molar refractivity (Wildman–Crippen MR) is 75.4 cm³/mol. The molecule has 6 heteroatoms. The van der Waals surface area contributed by atoms with Gasteiger partial charge < -0.3 is 5.32 Å². The van der Waals surface area contributed by atoms with Crippen LogP contribution in [0.15, 0.2) is 23.1 Å². The van der Waals surface area contributed by atoms with Crippen molar-refractivity contribution in [2.45, 2.75) is 31.6 Å². The van der Waals surface area contributed by atoms with Gasteiger partial charge in [-0.1, -0.05) is 31.9 Å². The van der Waals surface area contributed by atoms with Crippen LogP contribution in [0.4, 0.5) is 5.69 Å². The van der Waals surface area contributed by atoms with Gasteiger partial charge >= 0.3 is 0 Å². The van der Waals surface area contributed by atoms with Gasteiger partial charge in [-0.3, -0.25) is 0 Å². The van der Waals surface area contributed by atoms with Crippen LogP contribution in [0.25, 0.3) is 0 Å². The molecule has 0 fully saturated rings. The zero-order valence-electron chi connectivity index (χ0n) is 10.6. The molecule has 0 saturated heterocycles. The summed E-state index contributed by atoms with van der Waals surface area (Å²) in [5, 5.41) is 8.73. The first-order valence-corrected chi connectivity index (χ1v) is 7.83. The second-order valence-electron chi connectivity index (χ2n) is 4.46. The molecule has 0 saturated carbocycles. The van der Waals surface area contributed by atoms with Gasteiger partial charge in [-0.15, -0.1) is 0 Å². The van der Waals surface area contributed by atoms with Crippen LogP contribution in [0.2, 0.25) is 5.02 Å². The number of primary sulfonamides is 1. The lowest BCUT2D eigenvalue weighted by Gasteiger charge is -2.14. The van der Waals surface area contributed by atoms with Crippen LogP contribution in [0, 0.1) is 5.92 Å². The molecular formula is C12H19ClN2O2S. The molecule has 0 aliphatic carbocycles. The van der Waals surface area contributed by atoms with Crippen LogP contribution in [0.1, 0.15) is 26.7 Å². The van der Waals surface area contributed by atoms with Gasteiger partial charge in [-0.25, -0.2) is 13.6 Å². The molecule has 1 atom stereocenters. The highest BCUT2D eigenvalue weighted by molar-refractivity contribution is 7.89. The Morgan fingerprint density at radius 3 is 2.67 bits per heavy atom. The van der Waals surface area contributed by atoms with E-state index in [2.05, 4.69) is 19.2 Å². The Hall–Kier alpha value is -0.780. The number of nitrogens with one attached hydrogen (secondary N) is 1. The molecule has 0 aromatic heterocycles. The first kappa shape index (κ1) is 15.3. The Kier molecular flexibility index (Phi) is 5.44. The fourth-order valence-electron chi connectivity index (χ4n) is 1.70. The van der Waals surface area contributed by atoms with Crippen molar-refractivity contribution in [3.8, 4) is 0 Å². The quantitative estimate of drug-likeness (QED) is 0.846. The SMILES string of the molecule is CCCC(C)CNc1cc(S(N)(=O)=O)ccc1Cl. The maximum absolute atomic E-state index is 11.2. The summed E-state index contributed by atoms with van der Waals surface area (Å²) in [5.74, 6) is 0.504. The maximum atomic E-state index is 11.2. The molecule has 0 aliphatic rings. The third kappa shape index (κ3) is 4.48. The summed E-state index contributed by atoms with van der Waals surface area (Å²) in [6, 6.07) is 4.41. The number of benzene rings is 1. The van der Waals surface area contributed by atoms with E-state index in [1.165, 1.54) is 18.2 Å². The third-order valence-electron chi connectivity index (χ3n) is 2.69. The van der Waals surface area contributed by atoms with Crippen LogP contribution in [0.3, 0.4) is 0 Å². The maximum Gasteiger partial charge on any atom is 0.238 e. The summed E-state index contributed by atoms with van der Waals surface area (Å²) in [6.07, 6.45) is 2.23. The smallest absolute Gasteiger partial charge is 0.238 e. The van der Waals surface area contributed by atoms with E-state index in [4.69, 9.17) is 16.7 Å². The van der Waals surface area contributed by atoms with E-state index in [1.807, 2.05) is 0 Å². The second kappa shape index (κ2) is 6.41. The number of halogens is 1. The van der Waals surface area contributed by atoms with Crippen LogP contribution in [-0.2, 0) is 10.0 Å². The largest absolute Gasteiger partial charge is 0.384 e. The Labute approximate surface area is 114 Å². The van der Waals surface area contributed by atoms with Crippen molar-refractivity contribution >= 4 is 27.3 Å². The molecule has 0 bridgehead atoms. The summed E-state index contributed by atoms with van der Waals surface area (Å²) in [7, 11) is -3.69. The van der Waals surface area contributed by atoms with Crippen LogP contribution in [0.5, 0.6) is 0 Å². The number of rotatable bonds is 6. The molecule has 1 unspecified atom stereocenters. The molecule has 1 aromatic rings. The average Bonchev–Trinajstić information content (AvgIpc) is 2.26. The fourth-order valence-corrected chi connectivity index (χ4v) is 2.42.